The van der Waals surface area contributed by atoms with Crippen molar-refractivity contribution >= 4 is 34.3 Å². The summed E-state index contributed by atoms with van der Waals surface area (Å²) in [6.45, 7) is 3.78. The molecule has 0 atom stereocenters. The molecule has 0 unspecified atom stereocenters. The van der Waals surface area contributed by atoms with Crippen LogP contribution in [0.5, 0.6) is 0 Å². The number of carbonyl (C=O) groups is 2. The number of methoxy groups -OCH3 is 1. The summed E-state index contributed by atoms with van der Waals surface area (Å²) in [5.41, 5.74) is 0.889. The van der Waals surface area contributed by atoms with Gasteiger partial charge >= 0.3 is 6.09 Å². The van der Waals surface area contributed by atoms with Gasteiger partial charge in [-0.2, -0.15) is 0 Å². The van der Waals surface area contributed by atoms with E-state index in [-0.39, 0.29) is 18.3 Å². The van der Waals surface area contributed by atoms with Crippen molar-refractivity contribution in [2.24, 2.45) is 0 Å². The van der Waals surface area contributed by atoms with Gasteiger partial charge in [0.2, 0.25) is 5.91 Å². The van der Waals surface area contributed by atoms with Crippen molar-refractivity contribution in [1.29, 1.82) is 0 Å². The first-order chi connectivity index (χ1) is 9.97. The second-order valence-electron chi connectivity index (χ2n) is 4.13. The molecule has 112 valence electrons. The van der Waals surface area contributed by atoms with Crippen LogP contribution in [0.2, 0.25) is 0 Å². The Hall–Kier alpha value is -2.49. The Kier molecular flexibility index (Phi) is 4.48. The molecular formula is C11H14N6O3S. The largest absolute Gasteiger partial charge is 0.453 e. The van der Waals surface area contributed by atoms with Crippen LogP contribution < -0.4 is 10.6 Å². The molecule has 2 amide bonds. The van der Waals surface area contributed by atoms with E-state index in [2.05, 4.69) is 30.7 Å². The Labute approximate surface area is 124 Å². The third-order valence-corrected chi connectivity index (χ3v) is 3.52. The van der Waals surface area contributed by atoms with Gasteiger partial charge in [0.15, 0.2) is 10.9 Å². The minimum Gasteiger partial charge on any atom is -0.453 e. The number of aryl methyl sites for hydroxylation is 2. The van der Waals surface area contributed by atoms with Crippen LogP contribution >= 0.6 is 11.3 Å². The SMILES string of the molecule is COC(=O)Nc1cn(CC(=O)Nc2nc(C)c(C)s2)nn1. The smallest absolute Gasteiger partial charge is 0.412 e. The molecule has 9 nitrogen and oxygen atoms in total. The average molecular weight is 310 g/mol. The van der Waals surface area contributed by atoms with Crippen LogP contribution in [0.1, 0.15) is 10.6 Å². The summed E-state index contributed by atoms with van der Waals surface area (Å²) in [7, 11) is 1.24. The van der Waals surface area contributed by atoms with Gasteiger partial charge in [-0.05, 0) is 13.8 Å². The number of carbonyl (C=O) groups excluding carboxylic acids is 2. The third-order valence-electron chi connectivity index (χ3n) is 2.53. The quantitative estimate of drug-likeness (QED) is 0.877. The summed E-state index contributed by atoms with van der Waals surface area (Å²) in [5, 5.41) is 13.0. The number of hydrogen-bond acceptors (Lipinski definition) is 7. The summed E-state index contributed by atoms with van der Waals surface area (Å²) in [6.07, 6.45) is 0.773. The number of nitrogens with zero attached hydrogens (tertiary/aromatic N) is 4. The highest BCUT2D eigenvalue weighted by molar-refractivity contribution is 7.15. The van der Waals surface area contributed by atoms with Gasteiger partial charge in [0, 0.05) is 4.88 Å². The summed E-state index contributed by atoms with van der Waals surface area (Å²) in [5.74, 6) is -0.0751. The van der Waals surface area contributed by atoms with Crippen LogP contribution in [0.25, 0.3) is 0 Å². The highest BCUT2D eigenvalue weighted by atomic mass is 32.1. The van der Waals surface area contributed by atoms with E-state index in [1.54, 1.807) is 0 Å². The zero-order chi connectivity index (χ0) is 15.4. The number of hydrogen-bond donors (Lipinski definition) is 2. The number of aromatic nitrogens is 4. The van der Waals surface area contributed by atoms with E-state index < -0.39 is 6.09 Å². The van der Waals surface area contributed by atoms with Crippen LogP contribution in [-0.2, 0) is 16.1 Å². The zero-order valence-electron chi connectivity index (χ0n) is 11.7. The number of ether oxygens (including phenoxy) is 1. The van der Waals surface area contributed by atoms with Crippen LogP contribution in [-0.4, -0.2) is 39.1 Å². The van der Waals surface area contributed by atoms with E-state index in [1.165, 1.54) is 29.3 Å². The molecule has 0 fully saturated rings. The van der Waals surface area contributed by atoms with Crippen LogP contribution in [0, 0.1) is 13.8 Å². The molecule has 0 aromatic carbocycles. The Morgan fingerprint density at radius 3 is 2.76 bits per heavy atom. The predicted octanol–water partition coefficient (Wildman–Crippen LogP) is 1.17. The molecule has 2 N–H and O–H groups in total. The molecule has 0 aliphatic rings. The second-order valence-corrected chi connectivity index (χ2v) is 5.33. The van der Waals surface area contributed by atoms with E-state index >= 15 is 0 Å². The highest BCUT2D eigenvalue weighted by Crippen LogP contribution is 2.20. The lowest BCUT2D eigenvalue weighted by Crippen LogP contribution is -2.19. The molecule has 2 rings (SSSR count). The number of thiazole rings is 1. The molecule has 0 aliphatic heterocycles. The fourth-order valence-corrected chi connectivity index (χ4v) is 2.25. The van der Waals surface area contributed by atoms with Gasteiger partial charge < -0.3 is 10.1 Å². The van der Waals surface area contributed by atoms with Gasteiger partial charge in [0.25, 0.3) is 0 Å². The molecule has 0 radical (unpaired) electrons. The topological polar surface area (TPSA) is 111 Å². The maximum atomic E-state index is 11.8. The van der Waals surface area contributed by atoms with Crippen molar-refractivity contribution in [3.8, 4) is 0 Å². The van der Waals surface area contributed by atoms with Crippen molar-refractivity contribution in [2.75, 3.05) is 17.7 Å². The van der Waals surface area contributed by atoms with Crippen LogP contribution in [0.4, 0.5) is 15.7 Å². The lowest BCUT2D eigenvalue weighted by molar-refractivity contribution is -0.116. The summed E-state index contributed by atoms with van der Waals surface area (Å²) in [6, 6.07) is 0. The fraction of sp³-hybridized carbons (Fsp3) is 0.364. The number of amides is 2. The molecule has 0 spiro atoms. The van der Waals surface area contributed by atoms with E-state index in [0.29, 0.717) is 5.13 Å². The summed E-state index contributed by atoms with van der Waals surface area (Å²) < 4.78 is 5.72. The Morgan fingerprint density at radius 1 is 1.38 bits per heavy atom. The molecule has 21 heavy (non-hydrogen) atoms. The number of nitrogens with one attached hydrogen (secondary N) is 2. The van der Waals surface area contributed by atoms with E-state index in [4.69, 9.17) is 0 Å². The Balaban J connectivity index is 1.92. The molecule has 0 saturated heterocycles. The zero-order valence-corrected chi connectivity index (χ0v) is 12.5. The van der Waals surface area contributed by atoms with Crippen LogP contribution in [0.3, 0.4) is 0 Å². The predicted molar refractivity (Wildman–Crippen MR) is 76.3 cm³/mol. The minimum atomic E-state index is -0.653. The van der Waals surface area contributed by atoms with E-state index in [9.17, 15) is 9.59 Å². The molecule has 0 bridgehead atoms. The number of anilines is 2. The highest BCUT2D eigenvalue weighted by Gasteiger charge is 2.11. The first kappa shape index (κ1) is 14.9. The van der Waals surface area contributed by atoms with Gasteiger partial charge in [0.05, 0.1) is 19.0 Å². The first-order valence-electron chi connectivity index (χ1n) is 5.97. The maximum absolute atomic E-state index is 11.8. The Bertz CT molecular complexity index is 645. The Morgan fingerprint density at radius 2 is 2.14 bits per heavy atom. The van der Waals surface area contributed by atoms with Crippen molar-refractivity contribution in [1.82, 2.24) is 20.0 Å². The normalized spacial score (nSPS) is 10.2. The molecule has 2 aromatic heterocycles. The standard InChI is InChI=1S/C11H14N6O3S/c1-6-7(2)21-10(12-6)14-9(18)5-17-4-8(15-16-17)13-11(19)20-3/h4H,5H2,1-3H3,(H,13,19)(H,12,14,18). The molecule has 2 aromatic rings. The minimum absolute atomic E-state index is 0.0342. The fourth-order valence-electron chi connectivity index (χ4n) is 1.42. The van der Waals surface area contributed by atoms with Crippen molar-refractivity contribution < 1.29 is 14.3 Å². The van der Waals surface area contributed by atoms with Gasteiger partial charge in [-0.15, -0.1) is 16.4 Å². The number of rotatable bonds is 4. The first-order valence-corrected chi connectivity index (χ1v) is 6.78. The summed E-state index contributed by atoms with van der Waals surface area (Å²) in [4.78, 5) is 28.1. The maximum Gasteiger partial charge on any atom is 0.412 e. The van der Waals surface area contributed by atoms with E-state index in [1.807, 2.05) is 13.8 Å². The van der Waals surface area contributed by atoms with Crippen molar-refractivity contribution in [3.05, 3.63) is 16.8 Å². The van der Waals surface area contributed by atoms with Gasteiger partial charge in [-0.3, -0.25) is 10.1 Å². The van der Waals surface area contributed by atoms with Crippen LogP contribution in [0.15, 0.2) is 6.20 Å². The molecule has 2 heterocycles. The van der Waals surface area contributed by atoms with Crippen molar-refractivity contribution in [2.45, 2.75) is 20.4 Å². The monoisotopic (exact) mass is 310 g/mol. The lowest BCUT2D eigenvalue weighted by atomic mass is 10.4. The third kappa shape index (κ3) is 3.99. The average Bonchev–Trinajstić information content (AvgIpc) is 2.97. The van der Waals surface area contributed by atoms with E-state index in [0.717, 1.165) is 10.6 Å². The van der Waals surface area contributed by atoms with Gasteiger partial charge in [0.1, 0.15) is 6.54 Å². The second kappa shape index (κ2) is 6.31. The summed E-state index contributed by atoms with van der Waals surface area (Å²) >= 11 is 1.41. The molecule has 0 aliphatic carbocycles. The molecule has 0 saturated carbocycles. The van der Waals surface area contributed by atoms with Gasteiger partial charge in [-0.25, -0.2) is 14.5 Å². The molecule has 10 heteroatoms. The van der Waals surface area contributed by atoms with Crippen molar-refractivity contribution in [3.63, 3.8) is 0 Å². The van der Waals surface area contributed by atoms with Gasteiger partial charge in [-0.1, -0.05) is 5.21 Å². The molecular weight excluding hydrogens is 296 g/mol. The lowest BCUT2D eigenvalue weighted by Gasteiger charge is -2.00.